The zero-order chi connectivity index (χ0) is 38.1. The van der Waals surface area contributed by atoms with Crippen molar-refractivity contribution in [1.29, 1.82) is 47.4 Å². The quantitative estimate of drug-likeness (QED) is 0.184. The van der Waals surface area contributed by atoms with Gasteiger partial charge in [0, 0.05) is 0 Å². The fourth-order valence-electron chi connectivity index (χ4n) is 4.49. The van der Waals surface area contributed by atoms with E-state index < -0.39 is 34.2 Å². The molecule has 0 aromatic carbocycles. The van der Waals surface area contributed by atoms with Gasteiger partial charge in [-0.15, -0.1) is 0 Å². The molecule has 240 valence electrons. The number of hydrogen-bond acceptors (Lipinski definition) is 24. The fraction of sp³-hybridized carbons (Fsp3) is 0. The Balaban J connectivity index is 1.51. The van der Waals surface area contributed by atoms with Gasteiger partial charge in [-0.05, 0) is 0 Å². The van der Waals surface area contributed by atoms with Crippen molar-refractivity contribution >= 4 is 16.7 Å². The smallest absolute Gasteiger partial charge is 0.201 e. The minimum Gasteiger partial charge on any atom is -0.211 e. The van der Waals surface area contributed by atoms with Gasteiger partial charge in [0.15, 0.2) is 69.1 Å². The molecule has 0 fully saturated rings. The lowest BCUT2D eigenvalue weighted by atomic mass is 10.2. The second-order valence-corrected chi connectivity index (χ2v) is 9.78. The van der Waals surface area contributed by atoms with Crippen molar-refractivity contribution in [3.05, 3.63) is 102 Å². The van der Waals surface area contributed by atoms with Gasteiger partial charge in [0.1, 0.15) is 71.3 Å². The third-order valence-corrected chi connectivity index (χ3v) is 6.80. The average Bonchev–Trinajstić information content (AvgIpc) is 3.92. The maximum atomic E-state index is 10.3. The van der Waals surface area contributed by atoms with Crippen LogP contribution in [0.25, 0.3) is 16.7 Å². The van der Waals surface area contributed by atoms with E-state index in [2.05, 4.69) is 74.8 Å². The van der Waals surface area contributed by atoms with E-state index >= 15 is 0 Å². The molecule has 7 rings (SSSR count). The van der Waals surface area contributed by atoms with Gasteiger partial charge in [0.05, 0.1) is 0 Å². The van der Waals surface area contributed by atoms with Crippen molar-refractivity contribution in [3.63, 3.8) is 0 Å². The molecule has 0 N–H and O–H groups in total. The van der Waals surface area contributed by atoms with Gasteiger partial charge in [0.2, 0.25) is 32.9 Å². The van der Waals surface area contributed by atoms with E-state index in [-0.39, 0.29) is 84.6 Å². The minimum atomic E-state index is -0.536. The van der Waals surface area contributed by atoms with Gasteiger partial charge in [-0.1, -0.05) is 0 Å². The van der Waals surface area contributed by atoms with Crippen molar-refractivity contribution < 1.29 is 0 Å². The number of fused-ring (bicyclic) bond motifs is 3. The largest absolute Gasteiger partial charge is 0.211 e. The van der Waals surface area contributed by atoms with Crippen molar-refractivity contribution in [2.24, 2.45) is 30.0 Å². The first-order chi connectivity index (χ1) is 26.3. The van der Waals surface area contributed by atoms with Crippen LogP contribution in [0.5, 0.6) is 0 Å². The van der Waals surface area contributed by atoms with Crippen LogP contribution in [0.1, 0.15) is 51.6 Å². The Morgan fingerprint density at radius 2 is 0.463 bits per heavy atom. The first-order valence-electron chi connectivity index (χ1n) is 14.0. The molecular formula is C30N24. The van der Waals surface area contributed by atoms with E-state index in [1.54, 1.807) is 36.4 Å². The zero-order valence-corrected chi connectivity index (χ0v) is 25.7. The molecular weight excluding hydrogens is 696 g/mol. The summed E-state index contributed by atoms with van der Waals surface area (Å²) in [5.74, 6) is -2.77. The molecule has 3 aliphatic rings. The number of nitriles is 9. The van der Waals surface area contributed by atoms with E-state index in [1.165, 1.54) is 0 Å². The predicted molar refractivity (Wildman–Crippen MR) is 159 cm³/mol. The first kappa shape index (κ1) is 32.2. The van der Waals surface area contributed by atoms with Crippen LogP contribution in [0.3, 0.4) is 0 Å². The van der Waals surface area contributed by atoms with Crippen molar-refractivity contribution in [1.82, 2.24) is 44.9 Å². The maximum absolute atomic E-state index is 10.3. The Morgan fingerprint density at radius 3 is 0.611 bits per heavy atom. The lowest BCUT2D eigenvalue weighted by Crippen LogP contribution is -2.31. The molecule has 54 heavy (non-hydrogen) atoms. The van der Waals surface area contributed by atoms with Gasteiger partial charge >= 0.3 is 0 Å². The molecule has 0 spiro atoms. The topological polar surface area (TPSA) is 404 Å². The normalized spacial score (nSPS) is 11.9. The summed E-state index contributed by atoms with van der Waals surface area (Å²) in [5, 5.41) is 87.1. The summed E-state index contributed by atoms with van der Waals surface area (Å²) < 4.78 is 0. The second-order valence-electron chi connectivity index (χ2n) is 9.78. The first-order valence-corrected chi connectivity index (χ1v) is 14.0. The summed E-state index contributed by atoms with van der Waals surface area (Å²) in [6.07, 6.45) is 0. The monoisotopic (exact) mass is 696 g/mol. The molecule has 0 amide bonds. The number of nitrogens with zero attached hydrogens (tertiary/aromatic N) is 24. The SMILES string of the molecule is N#CC(=C1N=c2nc(C#N)c(C#N)nc2=N1)c1nc(C(C#N)=C2N=c3nc(C#N)c(C#N)nc3=N2)nc(C(C#N)=C2N=c3nc(C#N)c(C#N)nc3=N2)n1. The molecule has 0 atom stereocenters. The van der Waals surface area contributed by atoms with Gasteiger partial charge in [0.25, 0.3) is 0 Å². The van der Waals surface area contributed by atoms with Crippen molar-refractivity contribution in [2.75, 3.05) is 0 Å². The van der Waals surface area contributed by atoms with Gasteiger partial charge in [-0.25, -0.2) is 74.8 Å². The van der Waals surface area contributed by atoms with Crippen LogP contribution in [0.4, 0.5) is 0 Å². The Bertz CT molecular complexity index is 2890. The van der Waals surface area contributed by atoms with E-state index in [0.29, 0.717) is 0 Å². The van der Waals surface area contributed by atoms with Crippen LogP contribution in [-0.2, 0) is 0 Å². The molecule has 0 aliphatic carbocycles. The van der Waals surface area contributed by atoms with Crippen LogP contribution in [0.15, 0.2) is 47.4 Å². The standard InChI is InChI=1S/C30N24/c31-1-10(22-49-25-26(50-22)41-14(5-35)13(4-34)40-25)19-46-20(11(2-32)23-51-27-28(52-23)43-16(7-37)15(6-36)42-27)48-21(47-19)12(3-33)24-53-29-30(54-24)45-18(9-39)17(8-38)44-29. The molecule has 0 saturated heterocycles. The fourth-order valence-corrected chi connectivity index (χ4v) is 4.49. The van der Waals surface area contributed by atoms with E-state index in [4.69, 9.17) is 0 Å². The highest BCUT2D eigenvalue weighted by Gasteiger charge is 2.26. The van der Waals surface area contributed by atoms with Gasteiger partial charge in [-0.3, -0.25) is 0 Å². The minimum absolute atomic E-state index is 0.216. The average molecular weight is 696 g/mol. The van der Waals surface area contributed by atoms with E-state index in [0.717, 1.165) is 0 Å². The second kappa shape index (κ2) is 12.6. The Hall–Kier alpha value is -10.3. The number of rotatable bonds is 3. The summed E-state index contributed by atoms with van der Waals surface area (Å²) in [4.78, 5) is 61.3. The highest BCUT2D eigenvalue weighted by Crippen LogP contribution is 2.25. The molecule has 0 unspecified atom stereocenters. The highest BCUT2D eigenvalue weighted by atomic mass is 15.1. The molecule has 0 saturated carbocycles. The van der Waals surface area contributed by atoms with Crippen molar-refractivity contribution in [2.45, 2.75) is 0 Å². The molecule has 4 aromatic heterocycles. The molecule has 3 aliphatic heterocycles. The van der Waals surface area contributed by atoms with Crippen LogP contribution in [-0.4, -0.2) is 44.9 Å². The summed E-state index contributed by atoms with van der Waals surface area (Å²) in [7, 11) is 0. The maximum Gasteiger partial charge on any atom is 0.201 e. The van der Waals surface area contributed by atoms with E-state index in [1.807, 2.05) is 18.2 Å². The molecule has 4 aromatic rings. The number of hydrogen-bond donors (Lipinski definition) is 0. The highest BCUT2D eigenvalue weighted by molar-refractivity contribution is 5.82. The predicted octanol–water partition coefficient (Wildman–Crippen LogP) is -4.09. The van der Waals surface area contributed by atoms with Crippen LogP contribution in [0.2, 0.25) is 0 Å². The lowest BCUT2D eigenvalue weighted by Gasteiger charge is -2.07. The van der Waals surface area contributed by atoms with Crippen LogP contribution in [0, 0.1) is 102 Å². The summed E-state index contributed by atoms with van der Waals surface area (Å²) in [6, 6.07) is 15.8. The third kappa shape index (κ3) is 5.15. The summed E-state index contributed by atoms with van der Waals surface area (Å²) >= 11 is 0. The van der Waals surface area contributed by atoms with Gasteiger partial charge in [-0.2, -0.15) is 47.4 Å². The van der Waals surface area contributed by atoms with Crippen LogP contribution >= 0.6 is 0 Å². The number of allylic oxidation sites excluding steroid dienone is 3. The zero-order valence-electron chi connectivity index (χ0n) is 25.7. The lowest BCUT2D eigenvalue weighted by molar-refractivity contribution is 0.958. The summed E-state index contributed by atoms with van der Waals surface area (Å²) in [5.41, 5.74) is -4.90. The van der Waals surface area contributed by atoms with Crippen LogP contribution < -0.4 is 32.9 Å². The van der Waals surface area contributed by atoms with E-state index in [9.17, 15) is 47.4 Å². The van der Waals surface area contributed by atoms with Gasteiger partial charge < -0.3 is 0 Å². The molecule has 24 nitrogen and oxygen atoms in total. The molecule has 24 heteroatoms. The Labute approximate surface area is 295 Å². The number of aromatic nitrogens is 9. The Morgan fingerprint density at radius 1 is 0.278 bits per heavy atom. The summed E-state index contributed by atoms with van der Waals surface area (Å²) in [6.45, 7) is 0. The molecule has 0 radical (unpaired) electrons. The Kier molecular flexibility index (Phi) is 7.53. The molecule has 7 heterocycles. The molecule has 0 bridgehead atoms. The third-order valence-electron chi connectivity index (χ3n) is 6.80. The van der Waals surface area contributed by atoms with Crippen molar-refractivity contribution in [3.8, 4) is 54.6 Å².